The zero-order valence-electron chi connectivity index (χ0n) is 15.3. The van der Waals surface area contributed by atoms with E-state index in [1.165, 1.54) is 0 Å². The van der Waals surface area contributed by atoms with Crippen LogP contribution in [0.15, 0.2) is 70.4 Å². The smallest absolute Gasteiger partial charge is 0.268 e. The minimum absolute atomic E-state index is 0.183. The molecular weight excluding hydrogens is 380 g/mol. The van der Waals surface area contributed by atoms with Gasteiger partial charge in [-0.2, -0.15) is 0 Å². The van der Waals surface area contributed by atoms with E-state index in [-0.39, 0.29) is 17.0 Å². The molecule has 2 aromatic carbocycles. The van der Waals surface area contributed by atoms with Crippen molar-refractivity contribution in [3.63, 3.8) is 0 Å². The Labute approximate surface area is 162 Å². The Morgan fingerprint density at radius 1 is 1.00 bits per heavy atom. The van der Waals surface area contributed by atoms with E-state index in [1.807, 2.05) is 30.3 Å². The molecule has 0 N–H and O–H groups in total. The molecule has 0 unspecified atom stereocenters. The highest BCUT2D eigenvalue weighted by Gasteiger charge is 2.24. The van der Waals surface area contributed by atoms with E-state index in [0.717, 1.165) is 33.8 Å². The fraction of sp³-hybridized carbons (Fsp3) is 0.150. The summed E-state index contributed by atoms with van der Waals surface area (Å²) in [5.74, 6) is 0. The molecule has 3 aromatic rings. The van der Waals surface area contributed by atoms with Gasteiger partial charge in [0.15, 0.2) is 0 Å². The Morgan fingerprint density at radius 3 is 2.18 bits per heavy atom. The standard InChI is InChI=1S/C20H18N2O5S/c1-14-12-18(13-16-6-4-3-5-7-16)21(20(23)15(14)2)28(26,27)19-10-8-17(9-11-19)22(24)25/h3-12H,13H2,1-2H3. The average Bonchev–Trinajstić information content (AvgIpc) is 2.67. The molecule has 8 heteroatoms. The molecular formula is C20H18N2O5S. The van der Waals surface area contributed by atoms with Crippen molar-refractivity contribution in [1.29, 1.82) is 0 Å². The van der Waals surface area contributed by atoms with Crippen LogP contribution in [0.4, 0.5) is 5.69 Å². The summed E-state index contributed by atoms with van der Waals surface area (Å²) >= 11 is 0. The van der Waals surface area contributed by atoms with Crippen molar-refractivity contribution in [2.24, 2.45) is 0 Å². The third-order valence-electron chi connectivity index (χ3n) is 4.55. The highest BCUT2D eigenvalue weighted by Crippen LogP contribution is 2.21. The first-order chi connectivity index (χ1) is 13.2. The first-order valence-corrected chi connectivity index (χ1v) is 9.92. The molecule has 0 radical (unpaired) electrons. The van der Waals surface area contributed by atoms with Gasteiger partial charge >= 0.3 is 0 Å². The first kappa shape index (κ1) is 19.5. The van der Waals surface area contributed by atoms with Gasteiger partial charge in [0.25, 0.3) is 21.3 Å². The van der Waals surface area contributed by atoms with Crippen LogP contribution in [0, 0.1) is 24.0 Å². The predicted octanol–water partition coefficient (Wildman–Crippen LogP) is 3.20. The lowest BCUT2D eigenvalue weighted by Crippen LogP contribution is -2.32. The summed E-state index contributed by atoms with van der Waals surface area (Å²) in [6.45, 7) is 3.33. The molecule has 0 aliphatic carbocycles. The van der Waals surface area contributed by atoms with Crippen LogP contribution < -0.4 is 5.56 Å². The molecule has 0 aliphatic heterocycles. The zero-order valence-corrected chi connectivity index (χ0v) is 16.1. The van der Waals surface area contributed by atoms with Crippen molar-refractivity contribution < 1.29 is 13.3 Å². The summed E-state index contributed by atoms with van der Waals surface area (Å²) in [6.07, 6.45) is 0.253. The van der Waals surface area contributed by atoms with Gasteiger partial charge in [0.05, 0.1) is 9.82 Å². The van der Waals surface area contributed by atoms with E-state index in [2.05, 4.69) is 0 Å². The van der Waals surface area contributed by atoms with Gasteiger partial charge in [-0.3, -0.25) is 14.9 Å². The van der Waals surface area contributed by atoms with Gasteiger partial charge in [0.1, 0.15) is 0 Å². The van der Waals surface area contributed by atoms with Gasteiger partial charge in [-0.15, -0.1) is 0 Å². The minimum atomic E-state index is -4.22. The van der Waals surface area contributed by atoms with Gasteiger partial charge in [0.2, 0.25) is 0 Å². The summed E-state index contributed by atoms with van der Waals surface area (Å²) in [5, 5.41) is 10.8. The number of nitrogens with zero attached hydrogens (tertiary/aromatic N) is 2. The van der Waals surface area contributed by atoms with Crippen LogP contribution in [0.5, 0.6) is 0 Å². The fourth-order valence-corrected chi connectivity index (χ4v) is 4.38. The van der Waals surface area contributed by atoms with Crippen LogP contribution in [0.3, 0.4) is 0 Å². The summed E-state index contributed by atoms with van der Waals surface area (Å²) in [7, 11) is -4.22. The number of pyridine rings is 1. The quantitative estimate of drug-likeness (QED) is 0.485. The third-order valence-corrected chi connectivity index (χ3v) is 6.30. The summed E-state index contributed by atoms with van der Waals surface area (Å²) in [4.78, 5) is 22.9. The van der Waals surface area contributed by atoms with Crippen molar-refractivity contribution in [2.75, 3.05) is 0 Å². The second kappa shape index (κ2) is 7.40. The minimum Gasteiger partial charge on any atom is -0.268 e. The Balaban J connectivity index is 2.20. The largest absolute Gasteiger partial charge is 0.270 e. The number of hydrogen-bond donors (Lipinski definition) is 0. The third kappa shape index (κ3) is 3.59. The van der Waals surface area contributed by atoms with Gasteiger partial charge in [-0.05, 0) is 43.2 Å². The molecule has 0 amide bonds. The summed E-state index contributed by atoms with van der Waals surface area (Å²) < 4.78 is 27.2. The van der Waals surface area contributed by atoms with Crippen LogP contribution in [0.25, 0.3) is 0 Å². The average molecular weight is 398 g/mol. The van der Waals surface area contributed by atoms with Crippen LogP contribution in [0.1, 0.15) is 22.4 Å². The lowest BCUT2D eigenvalue weighted by molar-refractivity contribution is -0.384. The van der Waals surface area contributed by atoms with E-state index < -0.39 is 20.5 Å². The Kier molecular flexibility index (Phi) is 5.15. The topological polar surface area (TPSA) is 99.3 Å². The molecule has 0 spiro atoms. The normalized spacial score (nSPS) is 11.4. The predicted molar refractivity (Wildman–Crippen MR) is 105 cm³/mol. The maximum absolute atomic E-state index is 13.2. The van der Waals surface area contributed by atoms with Gasteiger partial charge in [-0.25, -0.2) is 12.4 Å². The van der Waals surface area contributed by atoms with Crippen molar-refractivity contribution >= 4 is 15.7 Å². The maximum atomic E-state index is 13.2. The zero-order chi connectivity index (χ0) is 20.5. The fourth-order valence-electron chi connectivity index (χ4n) is 2.90. The van der Waals surface area contributed by atoms with E-state index in [1.54, 1.807) is 19.9 Å². The lowest BCUT2D eigenvalue weighted by Gasteiger charge is -2.16. The van der Waals surface area contributed by atoms with Crippen LogP contribution in [-0.2, 0) is 16.4 Å². The molecule has 0 saturated carbocycles. The Morgan fingerprint density at radius 2 is 1.61 bits per heavy atom. The maximum Gasteiger partial charge on any atom is 0.270 e. The van der Waals surface area contributed by atoms with Gasteiger partial charge in [0, 0.05) is 29.8 Å². The van der Waals surface area contributed by atoms with Crippen molar-refractivity contribution in [3.8, 4) is 0 Å². The number of nitro benzene ring substituents is 1. The first-order valence-electron chi connectivity index (χ1n) is 8.48. The van der Waals surface area contributed by atoms with E-state index >= 15 is 0 Å². The second-order valence-corrected chi connectivity index (χ2v) is 8.22. The van der Waals surface area contributed by atoms with Gasteiger partial charge in [-0.1, -0.05) is 30.3 Å². The number of aromatic nitrogens is 1. The number of hydrogen-bond acceptors (Lipinski definition) is 5. The van der Waals surface area contributed by atoms with E-state index in [9.17, 15) is 23.3 Å². The molecule has 1 heterocycles. The monoisotopic (exact) mass is 398 g/mol. The number of non-ortho nitro benzene ring substituents is 1. The molecule has 28 heavy (non-hydrogen) atoms. The van der Waals surface area contributed by atoms with E-state index in [4.69, 9.17) is 0 Å². The summed E-state index contributed by atoms with van der Waals surface area (Å²) in [5.41, 5.74) is 1.38. The molecule has 0 saturated heterocycles. The van der Waals surface area contributed by atoms with Crippen LogP contribution in [-0.4, -0.2) is 17.3 Å². The van der Waals surface area contributed by atoms with Crippen molar-refractivity contribution in [1.82, 2.24) is 3.97 Å². The molecule has 144 valence electrons. The lowest BCUT2D eigenvalue weighted by atomic mass is 10.1. The SMILES string of the molecule is Cc1cc(Cc2ccccc2)n(S(=O)(=O)c2ccc([N+](=O)[O-])cc2)c(=O)c1C. The van der Waals surface area contributed by atoms with E-state index in [0.29, 0.717) is 16.8 Å². The highest BCUT2D eigenvalue weighted by atomic mass is 32.2. The van der Waals surface area contributed by atoms with Crippen LogP contribution in [0.2, 0.25) is 0 Å². The number of benzene rings is 2. The molecule has 0 atom stereocenters. The second-order valence-electron chi connectivity index (χ2n) is 6.43. The number of aryl methyl sites for hydroxylation is 1. The Hall–Kier alpha value is -3.26. The molecule has 1 aromatic heterocycles. The number of nitro groups is 1. The number of rotatable bonds is 5. The highest BCUT2D eigenvalue weighted by molar-refractivity contribution is 7.90. The van der Waals surface area contributed by atoms with Crippen molar-refractivity contribution in [3.05, 3.63) is 104 Å². The molecule has 0 fully saturated rings. The van der Waals surface area contributed by atoms with Crippen LogP contribution >= 0.6 is 0 Å². The molecule has 3 rings (SSSR count). The molecule has 7 nitrogen and oxygen atoms in total. The Bertz CT molecular complexity index is 1200. The van der Waals surface area contributed by atoms with Gasteiger partial charge < -0.3 is 0 Å². The van der Waals surface area contributed by atoms with Crippen molar-refractivity contribution in [2.45, 2.75) is 25.2 Å². The molecule has 0 bridgehead atoms. The molecule has 0 aliphatic rings. The summed E-state index contributed by atoms with van der Waals surface area (Å²) in [6, 6.07) is 15.4.